The number of aromatic nitrogens is 5. The maximum Gasteiger partial charge on any atom is 0.164 e. The van der Waals surface area contributed by atoms with Gasteiger partial charge >= 0.3 is 0 Å². The summed E-state index contributed by atoms with van der Waals surface area (Å²) in [5.41, 5.74) is 2.67. The van der Waals surface area contributed by atoms with Gasteiger partial charge in [-0.25, -0.2) is 15.0 Å². The second-order valence-corrected chi connectivity index (χ2v) is 5.02. The number of nitrogens with one attached hydrogen (secondary N) is 1. The summed E-state index contributed by atoms with van der Waals surface area (Å²) in [6.07, 6.45) is 7.81. The number of hydrogen-bond donors (Lipinski definition) is 1. The van der Waals surface area contributed by atoms with Crippen molar-refractivity contribution in [2.45, 2.75) is 19.5 Å². The summed E-state index contributed by atoms with van der Waals surface area (Å²) in [4.78, 5) is 16.4. The Labute approximate surface area is 127 Å². The maximum absolute atomic E-state index is 5.98. The molecule has 0 aliphatic rings. The van der Waals surface area contributed by atoms with E-state index >= 15 is 0 Å². The molecular weight excluding hydrogens is 288 g/mol. The Kier molecular flexibility index (Phi) is 4.37. The molecule has 3 aromatic heterocycles. The second kappa shape index (κ2) is 6.60. The van der Waals surface area contributed by atoms with Crippen LogP contribution in [-0.2, 0) is 13.1 Å². The van der Waals surface area contributed by atoms with Crippen molar-refractivity contribution < 1.29 is 0 Å². The molecular formula is C14H15ClN6. The van der Waals surface area contributed by atoms with Crippen molar-refractivity contribution in [2.75, 3.05) is 6.54 Å². The third kappa shape index (κ3) is 3.34. The summed E-state index contributed by atoms with van der Waals surface area (Å²) in [5, 5.41) is 3.80. The number of pyridine rings is 1. The predicted octanol–water partition coefficient (Wildman–Crippen LogP) is 2.05. The van der Waals surface area contributed by atoms with E-state index in [2.05, 4.69) is 25.3 Å². The van der Waals surface area contributed by atoms with E-state index < -0.39 is 0 Å². The van der Waals surface area contributed by atoms with E-state index in [1.807, 2.05) is 16.7 Å². The van der Waals surface area contributed by atoms with E-state index in [0.29, 0.717) is 10.7 Å². The summed E-state index contributed by atoms with van der Waals surface area (Å²) in [6, 6.07) is 4.02. The van der Waals surface area contributed by atoms with Gasteiger partial charge in [0.1, 0.15) is 11.8 Å². The molecule has 0 aromatic carbocycles. The molecule has 6 nitrogen and oxygen atoms in total. The first-order valence-corrected chi connectivity index (χ1v) is 7.13. The van der Waals surface area contributed by atoms with Crippen molar-refractivity contribution in [3.05, 3.63) is 47.9 Å². The number of rotatable bonds is 6. The van der Waals surface area contributed by atoms with Crippen LogP contribution in [0.5, 0.6) is 0 Å². The Morgan fingerprint density at radius 1 is 1.14 bits per heavy atom. The van der Waals surface area contributed by atoms with Crippen molar-refractivity contribution in [2.24, 2.45) is 0 Å². The fourth-order valence-electron chi connectivity index (χ4n) is 2.12. The van der Waals surface area contributed by atoms with Gasteiger partial charge in [-0.05, 0) is 30.7 Å². The third-order valence-corrected chi connectivity index (χ3v) is 3.46. The fraction of sp³-hybridized carbons (Fsp3) is 0.286. The standard InChI is InChI=1S/C14H15ClN6/c15-13-12-14(19-9-18-13)21(10-20-12)7-1-4-17-8-11-2-5-16-6-3-11/h2-3,5-6,9-10,17H,1,4,7-8H2. The molecule has 3 aromatic rings. The zero-order valence-electron chi connectivity index (χ0n) is 11.4. The highest BCUT2D eigenvalue weighted by Gasteiger charge is 2.07. The molecule has 3 heterocycles. The van der Waals surface area contributed by atoms with Crippen LogP contribution in [0, 0.1) is 0 Å². The largest absolute Gasteiger partial charge is 0.315 e. The van der Waals surface area contributed by atoms with Gasteiger partial charge < -0.3 is 9.88 Å². The molecule has 0 spiro atoms. The van der Waals surface area contributed by atoms with E-state index in [4.69, 9.17) is 11.6 Å². The van der Waals surface area contributed by atoms with E-state index in [9.17, 15) is 0 Å². The minimum absolute atomic E-state index is 0.398. The Balaban J connectivity index is 1.50. The normalized spacial score (nSPS) is 11.1. The SMILES string of the molecule is Clc1ncnc2c1ncn2CCCNCc1ccncc1. The van der Waals surface area contributed by atoms with E-state index in [0.717, 1.165) is 31.7 Å². The molecule has 3 rings (SSSR count). The lowest BCUT2D eigenvalue weighted by atomic mass is 10.2. The van der Waals surface area contributed by atoms with Crippen LogP contribution in [0.4, 0.5) is 0 Å². The zero-order chi connectivity index (χ0) is 14.5. The lowest BCUT2D eigenvalue weighted by molar-refractivity contribution is 0.586. The van der Waals surface area contributed by atoms with Crippen molar-refractivity contribution >= 4 is 22.8 Å². The van der Waals surface area contributed by atoms with Crippen molar-refractivity contribution in [1.82, 2.24) is 29.8 Å². The van der Waals surface area contributed by atoms with Crippen LogP contribution in [0.3, 0.4) is 0 Å². The van der Waals surface area contributed by atoms with Crippen LogP contribution in [0.2, 0.25) is 5.15 Å². The lowest BCUT2D eigenvalue weighted by Gasteiger charge is -2.06. The van der Waals surface area contributed by atoms with Crippen LogP contribution < -0.4 is 5.32 Å². The summed E-state index contributed by atoms with van der Waals surface area (Å²) in [5.74, 6) is 0. The maximum atomic E-state index is 5.98. The highest BCUT2D eigenvalue weighted by Crippen LogP contribution is 2.16. The van der Waals surface area contributed by atoms with Gasteiger partial charge in [-0.1, -0.05) is 11.6 Å². The first-order chi connectivity index (χ1) is 10.3. The minimum atomic E-state index is 0.398. The van der Waals surface area contributed by atoms with Gasteiger partial charge in [0.25, 0.3) is 0 Å². The highest BCUT2D eigenvalue weighted by atomic mass is 35.5. The zero-order valence-corrected chi connectivity index (χ0v) is 12.2. The number of aryl methyl sites for hydroxylation is 1. The Morgan fingerprint density at radius 3 is 2.86 bits per heavy atom. The van der Waals surface area contributed by atoms with E-state index in [1.54, 1.807) is 18.7 Å². The quantitative estimate of drug-likeness (QED) is 0.557. The molecule has 0 amide bonds. The highest BCUT2D eigenvalue weighted by molar-refractivity contribution is 6.33. The van der Waals surface area contributed by atoms with Gasteiger partial charge in [0.05, 0.1) is 6.33 Å². The summed E-state index contributed by atoms with van der Waals surface area (Å²) < 4.78 is 2.00. The number of fused-ring (bicyclic) bond motifs is 1. The van der Waals surface area contributed by atoms with Crippen LogP contribution in [-0.4, -0.2) is 31.0 Å². The number of nitrogens with zero attached hydrogens (tertiary/aromatic N) is 5. The topological polar surface area (TPSA) is 68.5 Å². The molecule has 0 radical (unpaired) electrons. The number of imidazole rings is 1. The molecule has 7 heteroatoms. The number of hydrogen-bond acceptors (Lipinski definition) is 5. The van der Waals surface area contributed by atoms with Crippen LogP contribution in [0.25, 0.3) is 11.2 Å². The summed E-state index contributed by atoms with van der Waals surface area (Å²) in [7, 11) is 0. The minimum Gasteiger partial charge on any atom is -0.315 e. The molecule has 0 aliphatic heterocycles. The van der Waals surface area contributed by atoms with Gasteiger partial charge in [-0.15, -0.1) is 0 Å². The van der Waals surface area contributed by atoms with E-state index in [1.165, 1.54) is 11.9 Å². The molecule has 0 atom stereocenters. The molecule has 0 fully saturated rings. The number of halogens is 1. The summed E-state index contributed by atoms with van der Waals surface area (Å²) in [6.45, 7) is 2.61. The van der Waals surface area contributed by atoms with Gasteiger partial charge in [0.15, 0.2) is 10.8 Å². The van der Waals surface area contributed by atoms with Gasteiger partial charge in [0, 0.05) is 25.5 Å². The van der Waals surface area contributed by atoms with E-state index in [-0.39, 0.29) is 0 Å². The first-order valence-electron chi connectivity index (χ1n) is 6.75. The predicted molar refractivity (Wildman–Crippen MR) is 80.9 cm³/mol. The fourth-order valence-corrected chi connectivity index (χ4v) is 2.30. The Morgan fingerprint density at radius 2 is 2.00 bits per heavy atom. The molecule has 0 bridgehead atoms. The van der Waals surface area contributed by atoms with Crippen LogP contribution >= 0.6 is 11.6 Å². The Bertz CT molecular complexity index is 712. The molecule has 0 saturated carbocycles. The molecule has 1 N–H and O–H groups in total. The molecule has 0 aliphatic carbocycles. The molecule has 0 unspecified atom stereocenters. The van der Waals surface area contributed by atoms with Gasteiger partial charge in [0.2, 0.25) is 0 Å². The van der Waals surface area contributed by atoms with Crippen molar-refractivity contribution in [1.29, 1.82) is 0 Å². The average molecular weight is 303 g/mol. The Hall–Kier alpha value is -2.05. The van der Waals surface area contributed by atoms with Crippen LogP contribution in [0.1, 0.15) is 12.0 Å². The second-order valence-electron chi connectivity index (χ2n) is 4.66. The smallest absolute Gasteiger partial charge is 0.164 e. The van der Waals surface area contributed by atoms with Crippen molar-refractivity contribution in [3.8, 4) is 0 Å². The molecule has 21 heavy (non-hydrogen) atoms. The van der Waals surface area contributed by atoms with Gasteiger partial charge in [-0.3, -0.25) is 4.98 Å². The summed E-state index contributed by atoms with van der Waals surface area (Å²) >= 11 is 5.98. The van der Waals surface area contributed by atoms with Crippen molar-refractivity contribution in [3.63, 3.8) is 0 Å². The monoisotopic (exact) mass is 302 g/mol. The molecule has 108 valence electrons. The van der Waals surface area contributed by atoms with Crippen LogP contribution in [0.15, 0.2) is 37.2 Å². The lowest BCUT2D eigenvalue weighted by Crippen LogP contribution is -2.16. The molecule has 0 saturated heterocycles. The first kappa shape index (κ1) is 13.9. The van der Waals surface area contributed by atoms with Gasteiger partial charge in [-0.2, -0.15) is 0 Å². The average Bonchev–Trinajstić information content (AvgIpc) is 2.93. The third-order valence-electron chi connectivity index (χ3n) is 3.19.